The third kappa shape index (κ3) is 4.04. The predicted octanol–water partition coefficient (Wildman–Crippen LogP) is 3.55. The van der Waals surface area contributed by atoms with Crippen LogP contribution in [0.15, 0.2) is 54.6 Å². The van der Waals surface area contributed by atoms with Crippen LogP contribution >= 0.6 is 0 Å². The van der Waals surface area contributed by atoms with Crippen molar-refractivity contribution in [1.82, 2.24) is 9.80 Å². The van der Waals surface area contributed by atoms with Gasteiger partial charge >= 0.3 is 5.97 Å². The van der Waals surface area contributed by atoms with E-state index >= 15 is 0 Å². The lowest BCUT2D eigenvalue weighted by Gasteiger charge is -2.41. The van der Waals surface area contributed by atoms with Gasteiger partial charge in [-0.25, -0.2) is 4.79 Å². The number of hydrogen-bond donors (Lipinski definition) is 1. The second-order valence-electron chi connectivity index (χ2n) is 8.83. The lowest BCUT2D eigenvalue weighted by atomic mass is 9.87. The molecule has 1 amide bonds. The molecule has 31 heavy (non-hydrogen) atoms. The van der Waals surface area contributed by atoms with E-state index in [4.69, 9.17) is 4.74 Å². The SMILES string of the molecule is CC(C)C1(C(=O)O)Oc2ccccc2CN(C2CCN(Cc3ccccc3)CC2)C1=O. The van der Waals surface area contributed by atoms with E-state index in [2.05, 4.69) is 17.0 Å². The van der Waals surface area contributed by atoms with E-state index in [1.165, 1.54) is 5.56 Å². The normalized spacial score (nSPS) is 22.7. The van der Waals surface area contributed by atoms with Crippen molar-refractivity contribution in [2.75, 3.05) is 13.1 Å². The number of amides is 1. The molecule has 0 saturated carbocycles. The van der Waals surface area contributed by atoms with Crippen LogP contribution in [-0.2, 0) is 22.7 Å². The number of aliphatic carboxylic acids is 1. The Balaban J connectivity index is 1.57. The van der Waals surface area contributed by atoms with Crippen LogP contribution in [0.25, 0.3) is 0 Å². The highest BCUT2D eigenvalue weighted by molar-refractivity contribution is 6.06. The fourth-order valence-electron chi connectivity index (χ4n) is 4.69. The average Bonchev–Trinajstić information content (AvgIpc) is 2.90. The number of rotatable bonds is 5. The number of carboxylic acid groups (broad SMARTS) is 1. The summed E-state index contributed by atoms with van der Waals surface area (Å²) in [6.07, 6.45) is 1.63. The smallest absolute Gasteiger partial charge is 0.358 e. The van der Waals surface area contributed by atoms with E-state index in [-0.39, 0.29) is 6.04 Å². The van der Waals surface area contributed by atoms with Gasteiger partial charge in [-0.2, -0.15) is 0 Å². The highest BCUT2D eigenvalue weighted by Gasteiger charge is 2.56. The van der Waals surface area contributed by atoms with Gasteiger partial charge < -0.3 is 14.7 Å². The monoisotopic (exact) mass is 422 g/mol. The molecule has 6 nitrogen and oxygen atoms in total. The zero-order chi connectivity index (χ0) is 22.0. The van der Waals surface area contributed by atoms with Crippen LogP contribution < -0.4 is 4.74 Å². The van der Waals surface area contributed by atoms with E-state index in [0.717, 1.165) is 38.0 Å². The Hall–Kier alpha value is -2.86. The van der Waals surface area contributed by atoms with Gasteiger partial charge in [0.05, 0.1) is 0 Å². The number of hydrogen-bond acceptors (Lipinski definition) is 4. The van der Waals surface area contributed by atoms with Crippen LogP contribution in [0.4, 0.5) is 0 Å². The fraction of sp³-hybridized carbons (Fsp3) is 0.440. The predicted molar refractivity (Wildman–Crippen MR) is 118 cm³/mol. The number of likely N-dealkylation sites (tertiary alicyclic amines) is 1. The molecule has 2 aliphatic heterocycles. The number of carbonyl (C=O) groups excluding carboxylic acids is 1. The quantitative estimate of drug-likeness (QED) is 0.747. The summed E-state index contributed by atoms with van der Waals surface area (Å²) in [5.74, 6) is -1.69. The molecule has 0 radical (unpaired) electrons. The molecule has 2 aliphatic rings. The molecule has 2 aromatic rings. The lowest BCUT2D eigenvalue weighted by Crippen LogP contribution is -2.62. The third-order valence-electron chi connectivity index (χ3n) is 6.54. The summed E-state index contributed by atoms with van der Waals surface area (Å²) in [5, 5.41) is 10.1. The summed E-state index contributed by atoms with van der Waals surface area (Å²) in [6.45, 7) is 6.47. The summed E-state index contributed by atoms with van der Waals surface area (Å²) >= 11 is 0. The van der Waals surface area contributed by atoms with Gasteiger partial charge in [-0.3, -0.25) is 9.69 Å². The molecule has 0 bridgehead atoms. The minimum Gasteiger partial charge on any atom is -0.478 e. The van der Waals surface area contributed by atoms with Crippen LogP contribution in [0.1, 0.15) is 37.8 Å². The standard InChI is InChI=1S/C25H30N2O4/c1-18(2)25(24(29)30)23(28)27(17-20-10-6-7-11-22(20)31-25)21-12-14-26(15-13-21)16-19-8-4-3-5-9-19/h3-11,18,21H,12-17H2,1-2H3,(H,29,30). The topological polar surface area (TPSA) is 70.1 Å². The summed E-state index contributed by atoms with van der Waals surface area (Å²) in [5.41, 5.74) is 0.221. The number of ether oxygens (including phenoxy) is 1. The maximum absolute atomic E-state index is 13.7. The van der Waals surface area contributed by atoms with Crippen molar-refractivity contribution in [1.29, 1.82) is 0 Å². The first-order valence-electron chi connectivity index (χ1n) is 11.0. The van der Waals surface area contributed by atoms with Crippen molar-refractivity contribution >= 4 is 11.9 Å². The summed E-state index contributed by atoms with van der Waals surface area (Å²) in [7, 11) is 0. The second-order valence-corrected chi connectivity index (χ2v) is 8.83. The fourth-order valence-corrected chi connectivity index (χ4v) is 4.69. The zero-order valence-electron chi connectivity index (χ0n) is 18.2. The van der Waals surface area contributed by atoms with Gasteiger partial charge in [-0.15, -0.1) is 0 Å². The van der Waals surface area contributed by atoms with Crippen LogP contribution in [0.5, 0.6) is 5.75 Å². The molecule has 1 N–H and O–H groups in total. The molecule has 0 aromatic heterocycles. The zero-order valence-corrected chi connectivity index (χ0v) is 18.2. The number of fused-ring (bicyclic) bond motifs is 1. The van der Waals surface area contributed by atoms with Crippen LogP contribution in [0.2, 0.25) is 0 Å². The summed E-state index contributed by atoms with van der Waals surface area (Å²) in [4.78, 5) is 30.2. The molecule has 2 aromatic carbocycles. The summed E-state index contributed by atoms with van der Waals surface area (Å²) in [6, 6.07) is 17.7. The largest absolute Gasteiger partial charge is 0.478 e. The highest BCUT2D eigenvalue weighted by atomic mass is 16.5. The molecule has 1 fully saturated rings. The van der Waals surface area contributed by atoms with E-state index in [0.29, 0.717) is 12.3 Å². The van der Waals surface area contributed by atoms with E-state index in [9.17, 15) is 14.7 Å². The van der Waals surface area contributed by atoms with Crippen LogP contribution in [0, 0.1) is 5.92 Å². The van der Waals surface area contributed by atoms with Crippen molar-refractivity contribution in [3.8, 4) is 5.75 Å². The molecule has 164 valence electrons. The van der Waals surface area contributed by atoms with Crippen molar-refractivity contribution in [2.45, 2.75) is 51.4 Å². The average molecular weight is 423 g/mol. The first-order valence-corrected chi connectivity index (χ1v) is 11.0. The Morgan fingerprint density at radius 1 is 1.10 bits per heavy atom. The number of piperidine rings is 1. The van der Waals surface area contributed by atoms with E-state index in [1.807, 2.05) is 36.4 Å². The molecular formula is C25H30N2O4. The first kappa shape index (κ1) is 21.4. The van der Waals surface area contributed by atoms with Gasteiger partial charge in [0.15, 0.2) is 0 Å². The van der Waals surface area contributed by atoms with Gasteiger partial charge in [0, 0.05) is 43.7 Å². The number of carboxylic acids is 1. The van der Waals surface area contributed by atoms with Crippen molar-refractivity contribution in [2.24, 2.45) is 5.92 Å². The minimum absolute atomic E-state index is 0.00763. The number of benzene rings is 2. The highest BCUT2D eigenvalue weighted by Crippen LogP contribution is 2.37. The molecular weight excluding hydrogens is 392 g/mol. The van der Waals surface area contributed by atoms with Gasteiger partial charge in [0.1, 0.15) is 5.75 Å². The lowest BCUT2D eigenvalue weighted by molar-refractivity contribution is -0.174. The maximum Gasteiger partial charge on any atom is 0.358 e. The molecule has 1 atom stereocenters. The molecule has 6 heteroatoms. The van der Waals surface area contributed by atoms with Crippen LogP contribution in [-0.4, -0.2) is 51.5 Å². The molecule has 1 unspecified atom stereocenters. The number of para-hydroxylation sites is 1. The number of nitrogens with zero attached hydrogens (tertiary/aromatic N) is 2. The Morgan fingerprint density at radius 2 is 1.74 bits per heavy atom. The van der Waals surface area contributed by atoms with Crippen molar-refractivity contribution in [3.05, 3.63) is 65.7 Å². The summed E-state index contributed by atoms with van der Waals surface area (Å²) < 4.78 is 6.00. The number of carbonyl (C=O) groups is 2. The van der Waals surface area contributed by atoms with Crippen molar-refractivity contribution in [3.63, 3.8) is 0 Å². The Bertz CT molecular complexity index is 938. The van der Waals surface area contributed by atoms with Gasteiger partial charge in [0.2, 0.25) is 0 Å². The maximum atomic E-state index is 13.7. The van der Waals surface area contributed by atoms with E-state index in [1.54, 1.807) is 24.8 Å². The Morgan fingerprint density at radius 3 is 2.39 bits per heavy atom. The molecule has 1 saturated heterocycles. The third-order valence-corrected chi connectivity index (χ3v) is 6.54. The van der Waals surface area contributed by atoms with Gasteiger partial charge in [-0.1, -0.05) is 62.4 Å². The Kier molecular flexibility index (Phi) is 6.01. The Labute approximate surface area is 183 Å². The molecule has 2 heterocycles. The first-order chi connectivity index (χ1) is 14.9. The minimum atomic E-state index is -1.91. The van der Waals surface area contributed by atoms with Crippen molar-refractivity contribution < 1.29 is 19.4 Å². The molecule has 4 rings (SSSR count). The van der Waals surface area contributed by atoms with Gasteiger partial charge in [-0.05, 0) is 24.5 Å². The molecule has 0 aliphatic carbocycles. The second kappa shape index (κ2) is 8.71. The van der Waals surface area contributed by atoms with Gasteiger partial charge in [0.25, 0.3) is 11.5 Å². The van der Waals surface area contributed by atoms with Crippen LogP contribution in [0.3, 0.4) is 0 Å². The molecule has 0 spiro atoms. The van der Waals surface area contributed by atoms with E-state index < -0.39 is 23.4 Å².